The van der Waals surface area contributed by atoms with Crippen molar-refractivity contribution in [3.63, 3.8) is 0 Å². The van der Waals surface area contributed by atoms with Gasteiger partial charge in [0, 0.05) is 6.07 Å². The number of imidazole rings is 1. The van der Waals surface area contributed by atoms with Gasteiger partial charge in [-0.05, 0) is 25.1 Å². The molecule has 2 heterocycles. The summed E-state index contributed by atoms with van der Waals surface area (Å²) >= 11 is 0. The first-order valence-corrected chi connectivity index (χ1v) is 5.75. The minimum atomic E-state index is -0.952. The Kier molecular flexibility index (Phi) is 2.56. The van der Waals surface area contributed by atoms with Gasteiger partial charge < -0.3 is 14.2 Å². The summed E-state index contributed by atoms with van der Waals surface area (Å²) in [6.07, 6.45) is 1.58. The number of carbonyl (C=O) groups is 1. The highest BCUT2D eigenvalue weighted by Crippen LogP contribution is 2.19. The molecule has 0 bridgehead atoms. The third kappa shape index (κ3) is 1.97. The normalized spacial score (nSPS) is 11.0. The molecule has 96 valence electrons. The monoisotopic (exact) mass is 257 g/mol. The molecule has 6 heteroatoms. The summed E-state index contributed by atoms with van der Waals surface area (Å²) in [5, 5.41) is 12.7. The van der Waals surface area contributed by atoms with Gasteiger partial charge in [0.15, 0.2) is 5.76 Å². The van der Waals surface area contributed by atoms with E-state index in [0.717, 1.165) is 16.9 Å². The molecule has 2 aromatic heterocycles. The van der Waals surface area contributed by atoms with Crippen LogP contribution in [0.25, 0.3) is 11.0 Å². The van der Waals surface area contributed by atoms with E-state index in [4.69, 9.17) is 9.63 Å². The summed E-state index contributed by atoms with van der Waals surface area (Å²) in [6, 6.07) is 6.65. The zero-order chi connectivity index (χ0) is 13.4. The molecule has 1 aromatic carbocycles. The molecule has 0 unspecified atom stereocenters. The number of carboxylic acid groups (broad SMARTS) is 1. The Morgan fingerprint density at radius 2 is 2.26 bits per heavy atom. The number of rotatable bonds is 3. The summed E-state index contributed by atoms with van der Waals surface area (Å²) in [5.41, 5.74) is 1.78. The van der Waals surface area contributed by atoms with E-state index in [0.29, 0.717) is 12.3 Å². The van der Waals surface area contributed by atoms with Gasteiger partial charge in [0.1, 0.15) is 5.82 Å². The second-order valence-electron chi connectivity index (χ2n) is 4.23. The minimum absolute atomic E-state index is 0.242. The molecule has 0 spiro atoms. The fourth-order valence-electron chi connectivity index (χ4n) is 2.06. The Bertz CT molecular complexity index is 744. The van der Waals surface area contributed by atoms with Crippen LogP contribution in [0.5, 0.6) is 0 Å². The van der Waals surface area contributed by atoms with Crippen molar-refractivity contribution < 1.29 is 14.4 Å². The van der Waals surface area contributed by atoms with Crippen molar-refractivity contribution in [1.82, 2.24) is 14.7 Å². The molecule has 0 radical (unpaired) electrons. The summed E-state index contributed by atoms with van der Waals surface area (Å²) in [4.78, 5) is 15.4. The molecule has 0 saturated heterocycles. The molecule has 0 saturated carbocycles. The largest absolute Gasteiger partial charge is 0.478 e. The molecule has 19 heavy (non-hydrogen) atoms. The first kappa shape index (κ1) is 11.5. The van der Waals surface area contributed by atoms with E-state index in [2.05, 4.69) is 10.1 Å². The second-order valence-corrected chi connectivity index (χ2v) is 4.23. The highest BCUT2D eigenvalue weighted by Gasteiger charge is 2.12. The number of hydrogen-bond acceptors (Lipinski definition) is 4. The first-order valence-electron chi connectivity index (χ1n) is 5.75. The average Bonchev–Trinajstić information content (AvgIpc) is 2.98. The van der Waals surface area contributed by atoms with Gasteiger partial charge in [-0.25, -0.2) is 9.78 Å². The molecular formula is C13H11N3O3. The molecule has 0 amide bonds. The van der Waals surface area contributed by atoms with Crippen LogP contribution in [0.15, 0.2) is 35.0 Å². The standard InChI is InChI=1S/C13H11N3O3/c1-8-15-11-3-2-9(13(17)18)6-12(11)16(8)7-10-4-5-14-19-10/h2-6H,7H2,1H3,(H,17,18). The maximum atomic E-state index is 11.0. The van der Waals surface area contributed by atoms with Gasteiger partial charge in [-0.2, -0.15) is 0 Å². The Labute approximate surface area is 108 Å². The molecule has 3 aromatic rings. The molecule has 0 atom stereocenters. The highest BCUT2D eigenvalue weighted by atomic mass is 16.5. The quantitative estimate of drug-likeness (QED) is 0.776. The smallest absolute Gasteiger partial charge is 0.335 e. The number of aromatic nitrogens is 3. The molecular weight excluding hydrogens is 246 g/mol. The van der Waals surface area contributed by atoms with Crippen LogP contribution in [0, 0.1) is 6.92 Å². The van der Waals surface area contributed by atoms with Crippen molar-refractivity contribution in [2.24, 2.45) is 0 Å². The molecule has 0 aliphatic carbocycles. The molecule has 3 rings (SSSR count). The van der Waals surface area contributed by atoms with Gasteiger partial charge in [0.05, 0.1) is 29.3 Å². The third-order valence-corrected chi connectivity index (χ3v) is 2.99. The van der Waals surface area contributed by atoms with E-state index >= 15 is 0 Å². The Morgan fingerprint density at radius 1 is 1.42 bits per heavy atom. The lowest BCUT2D eigenvalue weighted by atomic mass is 10.2. The molecule has 6 nitrogen and oxygen atoms in total. The summed E-state index contributed by atoms with van der Waals surface area (Å²) in [7, 11) is 0. The van der Waals surface area contributed by atoms with Gasteiger partial charge >= 0.3 is 5.97 Å². The van der Waals surface area contributed by atoms with Crippen LogP contribution in [0.3, 0.4) is 0 Å². The van der Waals surface area contributed by atoms with E-state index in [1.807, 2.05) is 11.5 Å². The van der Waals surface area contributed by atoms with Crippen LogP contribution >= 0.6 is 0 Å². The van der Waals surface area contributed by atoms with Gasteiger partial charge in [-0.15, -0.1) is 0 Å². The number of hydrogen-bond donors (Lipinski definition) is 1. The van der Waals surface area contributed by atoms with Crippen LogP contribution in [0.4, 0.5) is 0 Å². The highest BCUT2D eigenvalue weighted by molar-refractivity contribution is 5.92. The van der Waals surface area contributed by atoms with Crippen molar-refractivity contribution >= 4 is 17.0 Å². The van der Waals surface area contributed by atoms with Crippen LogP contribution in [-0.2, 0) is 6.54 Å². The summed E-state index contributed by atoms with van der Waals surface area (Å²) in [6.45, 7) is 2.35. The van der Waals surface area contributed by atoms with E-state index in [-0.39, 0.29) is 5.56 Å². The predicted molar refractivity (Wildman–Crippen MR) is 67.0 cm³/mol. The van der Waals surface area contributed by atoms with Crippen molar-refractivity contribution in [1.29, 1.82) is 0 Å². The van der Waals surface area contributed by atoms with Gasteiger partial charge in [-0.1, -0.05) is 5.16 Å². The zero-order valence-corrected chi connectivity index (χ0v) is 10.2. The second kappa shape index (κ2) is 4.24. The third-order valence-electron chi connectivity index (χ3n) is 2.99. The van der Waals surface area contributed by atoms with Gasteiger partial charge in [0.25, 0.3) is 0 Å². The average molecular weight is 257 g/mol. The molecule has 0 fully saturated rings. The van der Waals surface area contributed by atoms with Gasteiger partial charge in [-0.3, -0.25) is 0 Å². The van der Waals surface area contributed by atoms with Gasteiger partial charge in [0.2, 0.25) is 0 Å². The molecule has 1 N–H and O–H groups in total. The fourth-order valence-corrected chi connectivity index (χ4v) is 2.06. The number of benzene rings is 1. The first-order chi connectivity index (χ1) is 9.15. The Morgan fingerprint density at radius 3 is 2.95 bits per heavy atom. The number of aromatic carboxylic acids is 1. The van der Waals surface area contributed by atoms with Crippen molar-refractivity contribution in [2.75, 3.05) is 0 Å². The fraction of sp³-hybridized carbons (Fsp3) is 0.154. The lowest BCUT2D eigenvalue weighted by molar-refractivity contribution is 0.0697. The molecule has 0 aliphatic rings. The van der Waals surface area contributed by atoms with Crippen molar-refractivity contribution in [2.45, 2.75) is 13.5 Å². The number of aryl methyl sites for hydroxylation is 1. The maximum absolute atomic E-state index is 11.0. The van der Waals surface area contributed by atoms with E-state index in [1.165, 1.54) is 0 Å². The Hall–Kier alpha value is -2.63. The Balaban J connectivity index is 2.14. The SMILES string of the molecule is Cc1nc2ccc(C(=O)O)cc2n1Cc1ccno1. The van der Waals surface area contributed by atoms with E-state index in [1.54, 1.807) is 30.5 Å². The van der Waals surface area contributed by atoms with E-state index < -0.39 is 5.97 Å². The lowest BCUT2D eigenvalue weighted by Gasteiger charge is -2.04. The van der Waals surface area contributed by atoms with E-state index in [9.17, 15) is 4.79 Å². The van der Waals surface area contributed by atoms with Crippen LogP contribution in [0.2, 0.25) is 0 Å². The zero-order valence-electron chi connectivity index (χ0n) is 10.2. The minimum Gasteiger partial charge on any atom is -0.478 e. The number of nitrogens with zero attached hydrogens (tertiary/aromatic N) is 3. The maximum Gasteiger partial charge on any atom is 0.335 e. The van der Waals surface area contributed by atoms with Crippen molar-refractivity contribution in [3.8, 4) is 0 Å². The predicted octanol–water partition coefficient (Wildman–Crippen LogP) is 2.08. The van der Waals surface area contributed by atoms with Crippen LogP contribution < -0.4 is 0 Å². The number of carboxylic acids is 1. The van der Waals surface area contributed by atoms with Crippen molar-refractivity contribution in [3.05, 3.63) is 47.6 Å². The summed E-state index contributed by atoms with van der Waals surface area (Å²) < 4.78 is 6.98. The molecule has 0 aliphatic heterocycles. The van der Waals surface area contributed by atoms with Crippen LogP contribution in [-0.4, -0.2) is 25.8 Å². The topological polar surface area (TPSA) is 81.1 Å². The number of fused-ring (bicyclic) bond motifs is 1. The van der Waals surface area contributed by atoms with Crippen LogP contribution in [0.1, 0.15) is 21.9 Å². The lowest BCUT2D eigenvalue weighted by Crippen LogP contribution is -2.02. The summed E-state index contributed by atoms with van der Waals surface area (Å²) in [5.74, 6) is 0.545.